The highest BCUT2D eigenvalue weighted by molar-refractivity contribution is 5.88. The molecule has 3 N–H and O–H groups in total. The topological polar surface area (TPSA) is 95.1 Å². The van der Waals surface area contributed by atoms with Gasteiger partial charge in [-0.05, 0) is 6.92 Å². The SMILES string of the molecule is CCOC1CC(N)(C(=O)NCCc2nncn2C)C1(C)C. The first-order valence-electron chi connectivity index (χ1n) is 7.34. The monoisotopic (exact) mass is 295 g/mol. The van der Waals surface area contributed by atoms with Crippen LogP contribution in [0.4, 0.5) is 0 Å². The molecular weight excluding hydrogens is 270 g/mol. The summed E-state index contributed by atoms with van der Waals surface area (Å²) in [6.07, 6.45) is 2.87. The van der Waals surface area contributed by atoms with Crippen molar-refractivity contribution in [3.8, 4) is 0 Å². The first kappa shape index (κ1) is 15.9. The molecule has 1 fully saturated rings. The quantitative estimate of drug-likeness (QED) is 0.770. The predicted octanol–water partition coefficient (Wildman–Crippen LogP) is 0.00630. The molecule has 1 aromatic rings. The molecule has 1 amide bonds. The number of carbonyl (C=O) groups is 1. The van der Waals surface area contributed by atoms with Crippen LogP contribution in [0.15, 0.2) is 6.33 Å². The van der Waals surface area contributed by atoms with Crippen molar-refractivity contribution in [2.24, 2.45) is 18.2 Å². The number of amides is 1. The maximum atomic E-state index is 12.4. The van der Waals surface area contributed by atoms with E-state index in [4.69, 9.17) is 10.5 Å². The summed E-state index contributed by atoms with van der Waals surface area (Å²) >= 11 is 0. The number of rotatable bonds is 6. The van der Waals surface area contributed by atoms with Crippen molar-refractivity contribution in [1.82, 2.24) is 20.1 Å². The molecule has 1 saturated carbocycles. The Morgan fingerprint density at radius 3 is 2.86 bits per heavy atom. The second-order valence-corrected chi connectivity index (χ2v) is 6.21. The third-order valence-electron chi connectivity index (χ3n) is 4.67. The largest absolute Gasteiger partial charge is 0.378 e. The summed E-state index contributed by atoms with van der Waals surface area (Å²) in [4.78, 5) is 12.4. The van der Waals surface area contributed by atoms with E-state index in [0.29, 0.717) is 26.0 Å². The molecule has 2 rings (SSSR count). The first-order valence-corrected chi connectivity index (χ1v) is 7.34. The average Bonchev–Trinajstić information content (AvgIpc) is 2.84. The van der Waals surface area contributed by atoms with Crippen molar-refractivity contribution in [2.45, 2.75) is 45.3 Å². The summed E-state index contributed by atoms with van der Waals surface area (Å²) in [5, 5.41) is 10.7. The summed E-state index contributed by atoms with van der Waals surface area (Å²) < 4.78 is 7.47. The van der Waals surface area contributed by atoms with Crippen molar-refractivity contribution in [2.75, 3.05) is 13.2 Å². The van der Waals surface area contributed by atoms with Gasteiger partial charge < -0.3 is 20.4 Å². The molecule has 1 aromatic heterocycles. The standard InChI is InChI=1S/C14H25N5O2/c1-5-21-10-8-14(15,13(10,2)3)12(20)16-7-6-11-18-17-9-19(11)4/h9-10H,5-8,15H2,1-4H3,(H,16,20). The zero-order chi connectivity index (χ0) is 15.7. The van der Waals surface area contributed by atoms with E-state index in [0.717, 1.165) is 5.82 Å². The molecule has 118 valence electrons. The van der Waals surface area contributed by atoms with E-state index in [1.165, 1.54) is 0 Å². The highest BCUT2D eigenvalue weighted by atomic mass is 16.5. The Morgan fingerprint density at radius 1 is 1.62 bits per heavy atom. The first-order chi connectivity index (χ1) is 9.83. The van der Waals surface area contributed by atoms with Gasteiger partial charge in [-0.1, -0.05) is 13.8 Å². The molecule has 0 aromatic carbocycles. The zero-order valence-corrected chi connectivity index (χ0v) is 13.2. The smallest absolute Gasteiger partial charge is 0.240 e. The highest BCUT2D eigenvalue weighted by Gasteiger charge is 2.62. The second kappa shape index (κ2) is 5.73. The lowest BCUT2D eigenvalue weighted by molar-refractivity contribution is -0.170. The van der Waals surface area contributed by atoms with Crippen LogP contribution >= 0.6 is 0 Å². The van der Waals surface area contributed by atoms with Crippen LogP contribution in [0, 0.1) is 5.41 Å². The van der Waals surface area contributed by atoms with Gasteiger partial charge in [-0.3, -0.25) is 4.79 Å². The molecule has 1 aliphatic rings. The fraction of sp³-hybridized carbons (Fsp3) is 0.786. The maximum absolute atomic E-state index is 12.4. The molecule has 1 aliphatic carbocycles. The normalized spacial score (nSPS) is 27.2. The van der Waals surface area contributed by atoms with Crippen LogP contribution < -0.4 is 11.1 Å². The van der Waals surface area contributed by atoms with E-state index in [2.05, 4.69) is 15.5 Å². The van der Waals surface area contributed by atoms with Crippen LogP contribution in [-0.4, -0.2) is 45.5 Å². The van der Waals surface area contributed by atoms with Crippen LogP contribution in [-0.2, 0) is 23.0 Å². The number of hydrogen-bond acceptors (Lipinski definition) is 5. The van der Waals surface area contributed by atoms with Gasteiger partial charge in [-0.2, -0.15) is 0 Å². The molecule has 0 spiro atoms. The summed E-state index contributed by atoms with van der Waals surface area (Å²) in [6.45, 7) is 7.06. The van der Waals surface area contributed by atoms with Crippen molar-refractivity contribution < 1.29 is 9.53 Å². The molecule has 2 atom stereocenters. The molecule has 0 bridgehead atoms. The summed E-state index contributed by atoms with van der Waals surface area (Å²) in [5.41, 5.74) is 5.08. The number of nitrogens with one attached hydrogen (secondary N) is 1. The number of aromatic nitrogens is 3. The number of ether oxygens (including phenoxy) is 1. The Hall–Kier alpha value is -1.47. The van der Waals surface area contributed by atoms with E-state index in [9.17, 15) is 4.79 Å². The van der Waals surface area contributed by atoms with Crippen molar-refractivity contribution in [1.29, 1.82) is 0 Å². The Kier molecular flexibility index (Phi) is 4.34. The summed E-state index contributed by atoms with van der Waals surface area (Å²) in [6, 6.07) is 0. The molecule has 2 unspecified atom stereocenters. The number of nitrogens with two attached hydrogens (primary N) is 1. The van der Waals surface area contributed by atoms with E-state index in [1.54, 1.807) is 6.33 Å². The van der Waals surface area contributed by atoms with Gasteiger partial charge in [0, 0.05) is 38.5 Å². The minimum Gasteiger partial charge on any atom is -0.378 e. The third kappa shape index (κ3) is 2.67. The van der Waals surface area contributed by atoms with Gasteiger partial charge in [0.15, 0.2) is 0 Å². The van der Waals surface area contributed by atoms with Crippen LogP contribution in [0.5, 0.6) is 0 Å². The molecular formula is C14H25N5O2. The van der Waals surface area contributed by atoms with Gasteiger partial charge >= 0.3 is 0 Å². The van der Waals surface area contributed by atoms with Gasteiger partial charge in [0.25, 0.3) is 0 Å². The van der Waals surface area contributed by atoms with Gasteiger partial charge in [-0.15, -0.1) is 10.2 Å². The minimum atomic E-state index is -0.868. The molecule has 7 heteroatoms. The van der Waals surface area contributed by atoms with Crippen molar-refractivity contribution >= 4 is 5.91 Å². The molecule has 0 aliphatic heterocycles. The van der Waals surface area contributed by atoms with Gasteiger partial charge in [-0.25, -0.2) is 0 Å². The molecule has 21 heavy (non-hydrogen) atoms. The highest BCUT2D eigenvalue weighted by Crippen LogP contribution is 2.49. The van der Waals surface area contributed by atoms with Gasteiger partial charge in [0.05, 0.1) is 6.10 Å². The van der Waals surface area contributed by atoms with Crippen LogP contribution in [0.2, 0.25) is 0 Å². The second-order valence-electron chi connectivity index (χ2n) is 6.21. The Labute approximate surface area is 125 Å². The van der Waals surface area contributed by atoms with Gasteiger partial charge in [0.2, 0.25) is 5.91 Å². The van der Waals surface area contributed by atoms with Crippen LogP contribution in [0.1, 0.15) is 33.0 Å². The van der Waals surface area contributed by atoms with E-state index < -0.39 is 5.54 Å². The van der Waals surface area contributed by atoms with Crippen molar-refractivity contribution in [3.05, 3.63) is 12.2 Å². The number of nitrogens with zero attached hydrogens (tertiary/aromatic N) is 3. The molecule has 1 heterocycles. The van der Waals surface area contributed by atoms with E-state index in [-0.39, 0.29) is 17.4 Å². The molecule has 0 radical (unpaired) electrons. The zero-order valence-electron chi connectivity index (χ0n) is 13.2. The molecule has 7 nitrogen and oxygen atoms in total. The van der Waals surface area contributed by atoms with E-state index >= 15 is 0 Å². The average molecular weight is 295 g/mol. The maximum Gasteiger partial charge on any atom is 0.240 e. The lowest BCUT2D eigenvalue weighted by Gasteiger charge is -2.57. The molecule has 0 saturated heterocycles. The Bertz CT molecular complexity index is 513. The Morgan fingerprint density at radius 2 is 2.33 bits per heavy atom. The lowest BCUT2D eigenvalue weighted by atomic mass is 9.54. The minimum absolute atomic E-state index is 0.0389. The lowest BCUT2D eigenvalue weighted by Crippen LogP contribution is -2.75. The number of hydrogen-bond donors (Lipinski definition) is 2. The van der Waals surface area contributed by atoms with E-state index in [1.807, 2.05) is 32.4 Å². The van der Waals surface area contributed by atoms with Gasteiger partial charge in [0.1, 0.15) is 17.7 Å². The predicted molar refractivity (Wildman–Crippen MR) is 78.4 cm³/mol. The number of carbonyl (C=O) groups excluding carboxylic acids is 1. The number of aryl methyl sites for hydroxylation is 1. The summed E-state index contributed by atoms with van der Waals surface area (Å²) in [5.74, 6) is 0.715. The fourth-order valence-electron chi connectivity index (χ4n) is 2.80. The third-order valence-corrected chi connectivity index (χ3v) is 4.67. The van der Waals surface area contributed by atoms with Crippen molar-refractivity contribution in [3.63, 3.8) is 0 Å². The van der Waals surface area contributed by atoms with Crippen LogP contribution in [0.25, 0.3) is 0 Å². The van der Waals surface area contributed by atoms with Crippen LogP contribution in [0.3, 0.4) is 0 Å². The fourth-order valence-corrected chi connectivity index (χ4v) is 2.80. The summed E-state index contributed by atoms with van der Waals surface area (Å²) in [7, 11) is 1.88. The Balaban J connectivity index is 1.87.